The Kier molecular flexibility index (Phi) is 7.75. The van der Waals surface area contributed by atoms with Gasteiger partial charge in [-0.1, -0.05) is 59.1 Å². The van der Waals surface area contributed by atoms with Gasteiger partial charge >= 0.3 is 0 Å². The van der Waals surface area contributed by atoms with Crippen LogP contribution in [0.2, 0.25) is 10.0 Å². The Hall–Kier alpha value is -2.24. The number of primary amides is 1. The van der Waals surface area contributed by atoms with Crippen LogP contribution in [-0.4, -0.2) is 31.4 Å². The second kappa shape index (κ2) is 10.0. The van der Waals surface area contributed by atoms with Gasteiger partial charge in [0.2, 0.25) is 6.41 Å². The largest absolute Gasteiger partial charge is 0.479 e. The lowest BCUT2D eigenvalue weighted by atomic mass is 10.0. The van der Waals surface area contributed by atoms with Crippen LogP contribution < -0.4 is 15.8 Å². The lowest BCUT2D eigenvalue weighted by Crippen LogP contribution is -2.37. The average molecular weight is 394 g/mol. The van der Waals surface area contributed by atoms with Crippen LogP contribution in [0.1, 0.15) is 11.1 Å². The Bertz CT molecular complexity index is 761. The van der Waals surface area contributed by atoms with Gasteiger partial charge in [0.1, 0.15) is 5.84 Å². The number of para-hydroxylation sites is 1. The van der Waals surface area contributed by atoms with Gasteiger partial charge in [-0.3, -0.25) is 9.79 Å². The SMILES string of the molecule is Cc1cccc(CC(Oc2c(Cl)cccc2Cl)C2=NCCN2)c1.NC=O. The van der Waals surface area contributed by atoms with E-state index in [0.29, 0.717) is 22.2 Å². The maximum Gasteiger partial charge on any atom is 0.204 e. The highest BCUT2D eigenvalue weighted by atomic mass is 35.5. The van der Waals surface area contributed by atoms with Crippen molar-refractivity contribution in [3.63, 3.8) is 0 Å². The van der Waals surface area contributed by atoms with Gasteiger partial charge in [-0.15, -0.1) is 0 Å². The summed E-state index contributed by atoms with van der Waals surface area (Å²) in [5.41, 5.74) is 6.58. The predicted octanol–water partition coefficient (Wildman–Crippen LogP) is 3.40. The molecule has 3 rings (SSSR count). The van der Waals surface area contributed by atoms with Crippen molar-refractivity contribution < 1.29 is 9.53 Å². The molecule has 1 aliphatic rings. The first-order chi connectivity index (χ1) is 12.5. The number of amides is 1. The van der Waals surface area contributed by atoms with Crippen molar-refractivity contribution in [3.05, 3.63) is 63.6 Å². The zero-order chi connectivity index (χ0) is 18.9. The van der Waals surface area contributed by atoms with E-state index in [1.54, 1.807) is 18.2 Å². The van der Waals surface area contributed by atoms with E-state index >= 15 is 0 Å². The lowest BCUT2D eigenvalue weighted by molar-refractivity contribution is -0.106. The predicted molar refractivity (Wildman–Crippen MR) is 106 cm³/mol. The summed E-state index contributed by atoms with van der Waals surface area (Å²) in [7, 11) is 0. The number of hydrogen-bond donors (Lipinski definition) is 2. The van der Waals surface area contributed by atoms with Gasteiger partial charge in [0.15, 0.2) is 11.9 Å². The number of benzene rings is 2. The second-order valence-corrected chi connectivity index (χ2v) is 6.49. The number of ether oxygens (including phenoxy) is 1. The fourth-order valence-corrected chi connectivity index (χ4v) is 3.10. The molecule has 1 heterocycles. The zero-order valence-corrected chi connectivity index (χ0v) is 15.9. The van der Waals surface area contributed by atoms with E-state index in [1.165, 1.54) is 11.1 Å². The van der Waals surface area contributed by atoms with Crippen molar-refractivity contribution in [3.8, 4) is 5.75 Å². The molecule has 138 valence electrons. The molecule has 2 aromatic carbocycles. The molecule has 2 aromatic rings. The number of aliphatic imine (C=N–C) groups is 1. The molecule has 0 saturated carbocycles. The van der Waals surface area contributed by atoms with Crippen LogP contribution in [0.25, 0.3) is 0 Å². The molecular weight excluding hydrogens is 373 g/mol. The van der Waals surface area contributed by atoms with Gasteiger partial charge in [0.25, 0.3) is 0 Å². The number of aryl methyl sites for hydroxylation is 1. The number of halogens is 2. The van der Waals surface area contributed by atoms with Gasteiger partial charge in [0, 0.05) is 13.0 Å². The number of rotatable bonds is 5. The summed E-state index contributed by atoms with van der Waals surface area (Å²) in [4.78, 5) is 13.1. The molecule has 26 heavy (non-hydrogen) atoms. The zero-order valence-electron chi connectivity index (χ0n) is 14.4. The van der Waals surface area contributed by atoms with Crippen molar-refractivity contribution in [2.45, 2.75) is 19.4 Å². The molecule has 0 bridgehead atoms. The molecule has 0 aliphatic carbocycles. The molecule has 3 N–H and O–H groups in total. The third-order valence-corrected chi connectivity index (χ3v) is 4.28. The van der Waals surface area contributed by atoms with Crippen LogP contribution in [0, 0.1) is 6.92 Å². The van der Waals surface area contributed by atoms with Crippen molar-refractivity contribution >= 4 is 35.4 Å². The molecular formula is C19H21Cl2N3O2. The minimum atomic E-state index is -0.239. The van der Waals surface area contributed by atoms with E-state index < -0.39 is 0 Å². The van der Waals surface area contributed by atoms with Gasteiger partial charge in [-0.25, -0.2) is 0 Å². The first kappa shape index (κ1) is 20.1. The third kappa shape index (κ3) is 5.64. The van der Waals surface area contributed by atoms with Crippen LogP contribution in [0.15, 0.2) is 47.5 Å². The average Bonchev–Trinajstić information content (AvgIpc) is 3.12. The van der Waals surface area contributed by atoms with Gasteiger partial charge < -0.3 is 15.8 Å². The van der Waals surface area contributed by atoms with Crippen molar-refractivity contribution in [2.24, 2.45) is 10.7 Å². The number of amidine groups is 1. The molecule has 1 amide bonds. The normalized spacial score (nSPS) is 13.7. The Morgan fingerprint density at radius 1 is 1.27 bits per heavy atom. The highest BCUT2D eigenvalue weighted by Crippen LogP contribution is 2.33. The van der Waals surface area contributed by atoms with E-state index in [9.17, 15) is 0 Å². The summed E-state index contributed by atoms with van der Waals surface area (Å²) in [6.07, 6.45) is 0.714. The molecule has 1 aliphatic heterocycles. The summed E-state index contributed by atoms with van der Waals surface area (Å²) in [6, 6.07) is 13.7. The van der Waals surface area contributed by atoms with Gasteiger partial charge in [-0.05, 0) is 24.6 Å². The van der Waals surface area contributed by atoms with E-state index in [-0.39, 0.29) is 12.5 Å². The number of nitrogens with two attached hydrogens (primary N) is 1. The molecule has 0 spiro atoms. The van der Waals surface area contributed by atoms with Crippen molar-refractivity contribution in [2.75, 3.05) is 13.1 Å². The highest BCUT2D eigenvalue weighted by Gasteiger charge is 2.23. The summed E-state index contributed by atoms with van der Waals surface area (Å²) >= 11 is 12.5. The molecule has 1 unspecified atom stereocenters. The van der Waals surface area contributed by atoms with Crippen LogP contribution in [0.5, 0.6) is 5.75 Å². The van der Waals surface area contributed by atoms with Gasteiger partial charge in [0.05, 0.1) is 16.6 Å². The molecule has 0 aromatic heterocycles. The molecule has 0 fully saturated rings. The van der Waals surface area contributed by atoms with Crippen LogP contribution >= 0.6 is 23.2 Å². The van der Waals surface area contributed by atoms with E-state index in [2.05, 4.69) is 41.2 Å². The Balaban J connectivity index is 0.000000758. The van der Waals surface area contributed by atoms with Crippen molar-refractivity contribution in [1.82, 2.24) is 5.32 Å². The summed E-state index contributed by atoms with van der Waals surface area (Å²) < 4.78 is 6.15. The minimum Gasteiger partial charge on any atom is -0.479 e. The second-order valence-electron chi connectivity index (χ2n) is 5.68. The lowest BCUT2D eigenvalue weighted by Gasteiger charge is -2.21. The Morgan fingerprint density at radius 3 is 2.50 bits per heavy atom. The number of carbonyl (C=O) groups is 1. The van der Waals surface area contributed by atoms with Crippen LogP contribution in [0.4, 0.5) is 0 Å². The first-order valence-electron chi connectivity index (χ1n) is 8.15. The van der Waals surface area contributed by atoms with Crippen molar-refractivity contribution in [1.29, 1.82) is 0 Å². The maximum absolute atomic E-state index is 8.58. The highest BCUT2D eigenvalue weighted by molar-refractivity contribution is 6.37. The Labute approximate surface area is 163 Å². The fourth-order valence-electron chi connectivity index (χ4n) is 2.62. The molecule has 5 nitrogen and oxygen atoms in total. The number of nitrogens with one attached hydrogen (secondary N) is 1. The van der Waals surface area contributed by atoms with Gasteiger partial charge in [-0.2, -0.15) is 0 Å². The third-order valence-electron chi connectivity index (χ3n) is 3.69. The minimum absolute atomic E-state index is 0.239. The molecule has 1 atom stereocenters. The molecule has 0 saturated heterocycles. The maximum atomic E-state index is 8.58. The van der Waals surface area contributed by atoms with E-state index in [1.807, 2.05) is 6.07 Å². The number of hydrogen-bond acceptors (Lipinski definition) is 4. The standard InChI is InChI=1S/C18H18Cl2N2O.CH3NO/c1-12-4-2-5-13(10-12)11-16(18-21-8-9-22-18)23-17-14(19)6-3-7-15(17)20;2-1-3/h2-7,10,16H,8-9,11H2,1H3,(H,21,22);1H,(H2,2,3). The summed E-state index contributed by atoms with van der Waals surface area (Å²) in [5.74, 6) is 1.35. The Morgan fingerprint density at radius 2 is 1.92 bits per heavy atom. The molecule has 0 radical (unpaired) electrons. The number of nitrogens with zero attached hydrogens (tertiary/aromatic N) is 1. The topological polar surface area (TPSA) is 76.7 Å². The quantitative estimate of drug-likeness (QED) is 0.764. The summed E-state index contributed by atoms with van der Waals surface area (Å²) in [5, 5.41) is 4.30. The molecule has 7 heteroatoms. The smallest absolute Gasteiger partial charge is 0.204 e. The first-order valence-corrected chi connectivity index (χ1v) is 8.90. The van der Waals surface area contributed by atoms with Crippen LogP contribution in [-0.2, 0) is 11.2 Å². The van der Waals surface area contributed by atoms with E-state index in [4.69, 9.17) is 32.7 Å². The summed E-state index contributed by atoms with van der Waals surface area (Å²) in [6.45, 7) is 3.67. The fraction of sp³-hybridized carbons (Fsp3) is 0.263. The number of carbonyl (C=O) groups excluding carboxylic acids is 1. The van der Waals surface area contributed by atoms with Crippen LogP contribution in [0.3, 0.4) is 0 Å². The van der Waals surface area contributed by atoms with E-state index in [0.717, 1.165) is 18.9 Å². The monoisotopic (exact) mass is 393 g/mol.